The van der Waals surface area contributed by atoms with Crippen molar-refractivity contribution in [2.45, 2.75) is 58.9 Å². The minimum absolute atomic E-state index is 0.337. The number of H-pyrrole nitrogens is 1. The molecule has 9 nitrogen and oxygen atoms in total. The summed E-state index contributed by atoms with van der Waals surface area (Å²) in [5.41, 5.74) is 3.62. The minimum atomic E-state index is -0.490. The van der Waals surface area contributed by atoms with E-state index in [9.17, 15) is 9.59 Å². The van der Waals surface area contributed by atoms with Crippen molar-refractivity contribution >= 4 is 23.3 Å². The van der Waals surface area contributed by atoms with Gasteiger partial charge in [0, 0.05) is 13.6 Å². The lowest BCUT2D eigenvalue weighted by molar-refractivity contribution is 0.340. The maximum absolute atomic E-state index is 12.5. The lowest BCUT2D eigenvalue weighted by Gasteiger charge is -2.08. The number of ether oxygens (including phenoxy) is 1. The highest BCUT2D eigenvalue weighted by Gasteiger charge is 2.16. The fraction of sp³-hybridized carbons (Fsp3) is 0.478. The molecule has 1 aromatic carbocycles. The molecule has 0 aliphatic carbocycles. The standard InChI is InChI=1S/C23H32N6O3/c1-4-6-7-8-9-10-15-29-19-20(28(3)23(31)26-21(19)30)25-22(29)27-24-16-17-11-13-18(14-12-17)32-5-2/h11-14,16H,4-10,15H2,1-3H3,(H,25,27)(H,26,30,31)/b24-16-. The number of aryl methyl sites for hydroxylation is 2. The number of aromatic nitrogens is 4. The minimum Gasteiger partial charge on any atom is -0.494 e. The second kappa shape index (κ2) is 11.3. The topological polar surface area (TPSA) is 106 Å². The maximum atomic E-state index is 12.5. The van der Waals surface area contributed by atoms with Gasteiger partial charge in [-0.1, -0.05) is 39.0 Å². The van der Waals surface area contributed by atoms with E-state index in [0.29, 0.717) is 30.3 Å². The summed E-state index contributed by atoms with van der Waals surface area (Å²) in [6.07, 6.45) is 8.47. The summed E-state index contributed by atoms with van der Waals surface area (Å²) in [4.78, 5) is 31.4. The number of anilines is 1. The van der Waals surface area contributed by atoms with Crippen molar-refractivity contribution in [3.05, 3.63) is 50.7 Å². The Bertz CT molecular complexity index is 1160. The predicted octanol–water partition coefficient (Wildman–Crippen LogP) is 3.63. The van der Waals surface area contributed by atoms with Crippen molar-refractivity contribution in [3.63, 3.8) is 0 Å². The second-order valence-corrected chi connectivity index (χ2v) is 7.72. The Kier molecular flexibility index (Phi) is 8.24. The van der Waals surface area contributed by atoms with E-state index in [-0.39, 0.29) is 0 Å². The van der Waals surface area contributed by atoms with Crippen LogP contribution in [-0.2, 0) is 13.6 Å². The summed E-state index contributed by atoms with van der Waals surface area (Å²) in [6, 6.07) is 7.58. The van der Waals surface area contributed by atoms with E-state index in [4.69, 9.17) is 4.74 Å². The van der Waals surface area contributed by atoms with Gasteiger partial charge in [0.05, 0.1) is 12.8 Å². The molecule has 0 aliphatic rings. The van der Waals surface area contributed by atoms with Crippen LogP contribution in [-0.4, -0.2) is 31.9 Å². The largest absolute Gasteiger partial charge is 0.494 e. The van der Waals surface area contributed by atoms with Gasteiger partial charge in [-0.15, -0.1) is 0 Å². The van der Waals surface area contributed by atoms with Crippen molar-refractivity contribution < 1.29 is 4.74 Å². The molecule has 0 aliphatic heterocycles. The first-order chi connectivity index (χ1) is 15.5. The van der Waals surface area contributed by atoms with E-state index in [1.165, 1.54) is 23.8 Å². The van der Waals surface area contributed by atoms with Crippen LogP contribution >= 0.6 is 0 Å². The Morgan fingerprint density at radius 1 is 1.09 bits per heavy atom. The highest BCUT2D eigenvalue weighted by atomic mass is 16.5. The fourth-order valence-electron chi connectivity index (χ4n) is 3.57. The highest BCUT2D eigenvalue weighted by molar-refractivity contribution is 5.80. The Labute approximate surface area is 187 Å². The van der Waals surface area contributed by atoms with Gasteiger partial charge < -0.3 is 9.30 Å². The van der Waals surface area contributed by atoms with Gasteiger partial charge in [0.25, 0.3) is 5.56 Å². The number of hydrogen-bond acceptors (Lipinski definition) is 6. The van der Waals surface area contributed by atoms with Crippen LogP contribution in [0.2, 0.25) is 0 Å². The predicted molar refractivity (Wildman–Crippen MR) is 128 cm³/mol. The van der Waals surface area contributed by atoms with E-state index in [1.807, 2.05) is 35.8 Å². The van der Waals surface area contributed by atoms with Crippen LogP contribution in [0, 0.1) is 0 Å². The van der Waals surface area contributed by atoms with Crippen LogP contribution in [0.15, 0.2) is 39.0 Å². The molecule has 2 aromatic heterocycles. The molecule has 0 fully saturated rings. The maximum Gasteiger partial charge on any atom is 0.329 e. The molecule has 2 heterocycles. The number of fused-ring (bicyclic) bond motifs is 1. The zero-order valence-electron chi connectivity index (χ0n) is 19.1. The SMILES string of the molecule is CCCCCCCCn1c(N/N=C\c2ccc(OCC)cc2)nc2c1c(=O)[nH]c(=O)n2C. The molecule has 0 spiro atoms. The number of hydrazone groups is 1. The fourth-order valence-corrected chi connectivity index (χ4v) is 3.57. The number of imidazole rings is 1. The zero-order valence-corrected chi connectivity index (χ0v) is 19.1. The van der Waals surface area contributed by atoms with Crippen LogP contribution in [0.1, 0.15) is 57.9 Å². The quantitative estimate of drug-likeness (QED) is 0.254. The average molecular weight is 441 g/mol. The van der Waals surface area contributed by atoms with Crippen molar-refractivity contribution in [1.82, 2.24) is 19.1 Å². The Morgan fingerprint density at radius 2 is 1.81 bits per heavy atom. The molecule has 32 heavy (non-hydrogen) atoms. The monoisotopic (exact) mass is 440 g/mol. The normalized spacial score (nSPS) is 11.5. The molecular weight excluding hydrogens is 408 g/mol. The van der Waals surface area contributed by atoms with Crippen LogP contribution in [0.5, 0.6) is 5.75 Å². The van der Waals surface area contributed by atoms with Gasteiger partial charge in [-0.25, -0.2) is 10.2 Å². The molecular formula is C23H32N6O3. The first-order valence-corrected chi connectivity index (χ1v) is 11.3. The summed E-state index contributed by atoms with van der Waals surface area (Å²) in [5.74, 6) is 1.24. The Morgan fingerprint density at radius 3 is 2.53 bits per heavy atom. The zero-order chi connectivity index (χ0) is 22.9. The van der Waals surface area contributed by atoms with Gasteiger partial charge in [-0.3, -0.25) is 14.3 Å². The summed E-state index contributed by atoms with van der Waals surface area (Å²) in [6.45, 7) is 5.37. The third-order valence-corrected chi connectivity index (χ3v) is 5.31. The number of rotatable bonds is 12. The molecule has 0 saturated heterocycles. The number of unbranched alkanes of at least 4 members (excludes halogenated alkanes) is 5. The van der Waals surface area contributed by atoms with Crippen LogP contribution in [0.25, 0.3) is 11.2 Å². The van der Waals surface area contributed by atoms with E-state index in [2.05, 4.69) is 27.4 Å². The lowest BCUT2D eigenvalue weighted by atomic mass is 10.1. The smallest absolute Gasteiger partial charge is 0.329 e. The average Bonchev–Trinajstić information content (AvgIpc) is 3.15. The number of hydrogen-bond donors (Lipinski definition) is 2. The molecule has 0 atom stereocenters. The molecule has 0 unspecified atom stereocenters. The third kappa shape index (κ3) is 5.66. The molecule has 3 aromatic rings. The summed E-state index contributed by atoms with van der Waals surface area (Å²) >= 11 is 0. The molecule has 3 rings (SSSR count). The molecule has 0 saturated carbocycles. The molecule has 0 bridgehead atoms. The number of nitrogens with one attached hydrogen (secondary N) is 2. The van der Waals surface area contributed by atoms with Gasteiger partial charge in [-0.05, 0) is 43.2 Å². The summed E-state index contributed by atoms with van der Waals surface area (Å²) < 4.78 is 8.60. The summed E-state index contributed by atoms with van der Waals surface area (Å²) in [5, 5.41) is 4.30. The third-order valence-electron chi connectivity index (χ3n) is 5.31. The van der Waals surface area contributed by atoms with Crippen molar-refractivity contribution in [2.75, 3.05) is 12.0 Å². The molecule has 0 amide bonds. The molecule has 2 N–H and O–H groups in total. The van der Waals surface area contributed by atoms with Gasteiger partial charge >= 0.3 is 5.69 Å². The second-order valence-electron chi connectivity index (χ2n) is 7.72. The lowest BCUT2D eigenvalue weighted by Crippen LogP contribution is -2.29. The van der Waals surface area contributed by atoms with E-state index in [1.54, 1.807) is 13.3 Å². The van der Waals surface area contributed by atoms with Gasteiger partial charge in [0.15, 0.2) is 11.2 Å². The van der Waals surface area contributed by atoms with Gasteiger partial charge in [0.1, 0.15) is 5.75 Å². The van der Waals surface area contributed by atoms with E-state index >= 15 is 0 Å². The van der Waals surface area contributed by atoms with Gasteiger partial charge in [0.2, 0.25) is 5.95 Å². The molecule has 9 heteroatoms. The van der Waals surface area contributed by atoms with Crippen molar-refractivity contribution in [2.24, 2.45) is 12.1 Å². The number of nitrogens with zero attached hydrogens (tertiary/aromatic N) is 4. The van der Waals surface area contributed by atoms with Crippen LogP contribution in [0.3, 0.4) is 0 Å². The van der Waals surface area contributed by atoms with E-state index < -0.39 is 11.2 Å². The number of aromatic amines is 1. The first-order valence-electron chi connectivity index (χ1n) is 11.3. The Hall–Kier alpha value is -3.36. The molecule has 0 radical (unpaired) electrons. The highest BCUT2D eigenvalue weighted by Crippen LogP contribution is 2.17. The molecule has 172 valence electrons. The summed E-state index contributed by atoms with van der Waals surface area (Å²) in [7, 11) is 1.59. The van der Waals surface area contributed by atoms with E-state index in [0.717, 1.165) is 30.6 Å². The van der Waals surface area contributed by atoms with Gasteiger partial charge in [-0.2, -0.15) is 10.1 Å². The van der Waals surface area contributed by atoms with Crippen molar-refractivity contribution in [1.29, 1.82) is 0 Å². The Balaban J connectivity index is 1.81. The number of benzene rings is 1. The van der Waals surface area contributed by atoms with Crippen LogP contribution in [0.4, 0.5) is 5.95 Å². The van der Waals surface area contributed by atoms with Crippen LogP contribution < -0.4 is 21.4 Å². The first kappa shape index (κ1) is 23.3. The van der Waals surface area contributed by atoms with Crippen molar-refractivity contribution in [3.8, 4) is 5.75 Å².